The smallest absolute Gasteiger partial charge is 0.249 e. The van der Waals surface area contributed by atoms with Crippen LogP contribution in [0.2, 0.25) is 5.02 Å². The second-order valence-electron chi connectivity index (χ2n) is 9.59. The number of aromatic nitrogens is 1. The van der Waals surface area contributed by atoms with Gasteiger partial charge in [0.1, 0.15) is 11.6 Å². The average molecular weight is 509 g/mol. The standard InChI is InChI=1S/C24H33ClN4O4S/c1-24(2)22(30)28(17-13-19(25)20(14-26)27-15-17)23(34)29(24)16-6-8-18(9-7-16)31-11-12-33-21-5-3-4-10-32-21/h13,15-16,18,21,23,34H,3-12H2,1-2H3. The number of rotatable bonds is 7. The average Bonchev–Trinajstić information content (AvgIpc) is 3.01. The quantitative estimate of drug-likeness (QED) is 0.438. The zero-order valence-electron chi connectivity index (χ0n) is 19.8. The van der Waals surface area contributed by atoms with Crippen LogP contribution in [0.1, 0.15) is 64.5 Å². The Bertz CT molecular complexity index is 913. The highest BCUT2D eigenvalue weighted by atomic mass is 35.5. The third-order valence-corrected chi connectivity index (χ3v) is 7.76. The van der Waals surface area contributed by atoms with Crippen LogP contribution in [-0.4, -0.2) is 65.1 Å². The van der Waals surface area contributed by atoms with Crippen LogP contribution >= 0.6 is 24.2 Å². The summed E-state index contributed by atoms with van der Waals surface area (Å²) in [6, 6.07) is 3.77. The van der Waals surface area contributed by atoms with E-state index in [0.29, 0.717) is 18.9 Å². The van der Waals surface area contributed by atoms with Crippen molar-refractivity contribution in [3.05, 3.63) is 23.0 Å². The number of halogens is 1. The normalized spacial score (nSPS) is 29.9. The minimum absolute atomic E-state index is 0.0597. The maximum atomic E-state index is 13.4. The Morgan fingerprint density at radius 3 is 2.62 bits per heavy atom. The second-order valence-corrected chi connectivity index (χ2v) is 10.5. The van der Waals surface area contributed by atoms with E-state index in [1.165, 1.54) is 6.20 Å². The molecule has 1 aliphatic carbocycles. The van der Waals surface area contributed by atoms with Crippen LogP contribution in [0.25, 0.3) is 0 Å². The van der Waals surface area contributed by atoms with E-state index in [-0.39, 0.29) is 35.1 Å². The number of thiol groups is 1. The van der Waals surface area contributed by atoms with E-state index < -0.39 is 11.0 Å². The summed E-state index contributed by atoms with van der Waals surface area (Å²) < 4.78 is 17.4. The van der Waals surface area contributed by atoms with Crippen LogP contribution in [0.15, 0.2) is 12.3 Å². The Balaban J connectivity index is 1.32. The Hall–Kier alpha value is -1.41. The fourth-order valence-electron chi connectivity index (χ4n) is 5.19. The van der Waals surface area contributed by atoms with Crippen LogP contribution in [0.3, 0.4) is 0 Å². The molecule has 1 aromatic rings. The van der Waals surface area contributed by atoms with Crippen molar-refractivity contribution in [3.8, 4) is 6.07 Å². The minimum atomic E-state index is -0.723. The summed E-state index contributed by atoms with van der Waals surface area (Å²) >= 11 is 11.0. The van der Waals surface area contributed by atoms with Gasteiger partial charge in [0.25, 0.3) is 0 Å². The summed E-state index contributed by atoms with van der Waals surface area (Å²) in [4.78, 5) is 21.3. The van der Waals surface area contributed by atoms with Crippen molar-refractivity contribution in [2.75, 3.05) is 24.7 Å². The largest absolute Gasteiger partial charge is 0.376 e. The Kier molecular flexibility index (Phi) is 8.39. The predicted octanol–water partition coefficient (Wildman–Crippen LogP) is 4.12. The van der Waals surface area contributed by atoms with Gasteiger partial charge in [0.05, 0.1) is 41.8 Å². The highest BCUT2D eigenvalue weighted by molar-refractivity contribution is 7.81. The van der Waals surface area contributed by atoms with Crippen molar-refractivity contribution in [2.45, 2.75) is 88.3 Å². The van der Waals surface area contributed by atoms with Gasteiger partial charge in [-0.3, -0.25) is 14.6 Å². The molecule has 8 nitrogen and oxygen atoms in total. The topological polar surface area (TPSA) is 87.9 Å². The van der Waals surface area contributed by atoms with E-state index in [2.05, 4.69) is 9.88 Å². The van der Waals surface area contributed by atoms with Gasteiger partial charge in [-0.1, -0.05) is 11.6 Å². The van der Waals surface area contributed by atoms with E-state index in [0.717, 1.165) is 51.6 Å². The van der Waals surface area contributed by atoms with Crippen molar-refractivity contribution < 1.29 is 19.0 Å². The Morgan fingerprint density at radius 1 is 1.24 bits per heavy atom. The molecule has 1 amide bonds. The summed E-state index contributed by atoms with van der Waals surface area (Å²) in [6.45, 7) is 5.77. The first-order chi connectivity index (χ1) is 16.3. The third-order valence-electron chi connectivity index (χ3n) is 6.99. The van der Waals surface area contributed by atoms with Crippen LogP contribution < -0.4 is 4.90 Å². The lowest BCUT2D eigenvalue weighted by atomic mass is 9.89. The van der Waals surface area contributed by atoms with Gasteiger partial charge in [0.2, 0.25) is 5.91 Å². The summed E-state index contributed by atoms with van der Waals surface area (Å²) in [5.41, 5.74) is -0.485. The van der Waals surface area contributed by atoms with Crippen molar-refractivity contribution in [2.24, 2.45) is 0 Å². The van der Waals surface area contributed by atoms with Gasteiger partial charge in [0, 0.05) is 12.6 Å². The Labute approximate surface area is 211 Å². The van der Waals surface area contributed by atoms with Crippen LogP contribution in [0.5, 0.6) is 0 Å². The fraction of sp³-hybridized carbons (Fsp3) is 0.708. The molecule has 4 rings (SSSR count). The lowest BCUT2D eigenvalue weighted by Gasteiger charge is -2.41. The van der Waals surface area contributed by atoms with Crippen LogP contribution in [0.4, 0.5) is 5.69 Å². The highest BCUT2D eigenvalue weighted by Gasteiger charge is 2.54. The maximum absolute atomic E-state index is 13.4. The zero-order valence-corrected chi connectivity index (χ0v) is 21.4. The number of hydrogen-bond donors (Lipinski definition) is 1. The molecule has 0 N–H and O–H groups in total. The number of carbonyl (C=O) groups excluding carboxylic acids is 1. The summed E-state index contributed by atoms with van der Waals surface area (Å²) in [5.74, 6) is -0.0597. The van der Waals surface area contributed by atoms with Crippen molar-refractivity contribution in [1.29, 1.82) is 5.26 Å². The summed E-state index contributed by atoms with van der Waals surface area (Å²) in [6.07, 6.45) is 8.55. The number of anilines is 1. The van der Waals surface area contributed by atoms with Gasteiger partial charge >= 0.3 is 0 Å². The molecule has 2 saturated heterocycles. The molecule has 10 heteroatoms. The third kappa shape index (κ3) is 5.38. The van der Waals surface area contributed by atoms with E-state index in [1.807, 2.05) is 19.9 Å². The van der Waals surface area contributed by atoms with E-state index in [1.54, 1.807) is 11.0 Å². The SMILES string of the molecule is CC1(C)C(=O)N(c2cnc(C#N)c(Cl)c2)C(S)N1C1CCC(OCCOC2CCCCO2)CC1. The number of hydrogen-bond acceptors (Lipinski definition) is 8. The summed E-state index contributed by atoms with van der Waals surface area (Å²) in [5, 5.41) is 9.32. The zero-order chi connectivity index (χ0) is 24.3. The molecule has 2 atom stereocenters. The van der Waals surface area contributed by atoms with Crippen LogP contribution in [0, 0.1) is 11.3 Å². The first-order valence-corrected chi connectivity index (χ1v) is 12.9. The van der Waals surface area contributed by atoms with Crippen molar-refractivity contribution in [3.63, 3.8) is 0 Å². The molecule has 34 heavy (non-hydrogen) atoms. The van der Waals surface area contributed by atoms with Gasteiger partial charge in [-0.25, -0.2) is 4.98 Å². The number of ether oxygens (including phenoxy) is 3. The fourth-order valence-corrected chi connectivity index (χ4v) is 6.11. The molecule has 1 saturated carbocycles. The summed E-state index contributed by atoms with van der Waals surface area (Å²) in [7, 11) is 0. The molecule has 2 unspecified atom stereocenters. The van der Waals surface area contributed by atoms with Crippen molar-refractivity contribution in [1.82, 2.24) is 9.88 Å². The molecular weight excluding hydrogens is 476 g/mol. The molecule has 3 aliphatic rings. The van der Waals surface area contributed by atoms with Crippen LogP contribution in [-0.2, 0) is 19.0 Å². The van der Waals surface area contributed by atoms with E-state index in [4.69, 9.17) is 43.7 Å². The number of carbonyl (C=O) groups is 1. The first-order valence-electron chi connectivity index (χ1n) is 12.0. The molecule has 1 aromatic heterocycles. The molecule has 3 fully saturated rings. The van der Waals surface area contributed by atoms with Gasteiger partial charge in [-0.05, 0) is 64.9 Å². The lowest BCUT2D eigenvalue weighted by molar-refractivity contribution is -0.172. The molecule has 186 valence electrons. The molecule has 0 aromatic carbocycles. The first kappa shape index (κ1) is 25.7. The van der Waals surface area contributed by atoms with E-state index in [9.17, 15) is 4.79 Å². The molecule has 0 bridgehead atoms. The monoisotopic (exact) mass is 508 g/mol. The number of nitrogens with zero attached hydrogens (tertiary/aromatic N) is 4. The van der Waals surface area contributed by atoms with Gasteiger partial charge < -0.3 is 14.2 Å². The predicted molar refractivity (Wildman–Crippen MR) is 132 cm³/mol. The van der Waals surface area contributed by atoms with Crippen molar-refractivity contribution >= 4 is 35.8 Å². The molecule has 3 heterocycles. The van der Waals surface area contributed by atoms with Gasteiger partial charge in [-0.2, -0.15) is 5.26 Å². The number of amides is 1. The molecule has 0 radical (unpaired) electrons. The number of nitriles is 1. The Morgan fingerprint density at radius 2 is 1.97 bits per heavy atom. The molecular formula is C24H33ClN4O4S. The van der Waals surface area contributed by atoms with E-state index >= 15 is 0 Å². The van der Waals surface area contributed by atoms with Gasteiger partial charge in [0.15, 0.2) is 12.0 Å². The molecule has 0 spiro atoms. The van der Waals surface area contributed by atoms with Gasteiger partial charge in [-0.15, -0.1) is 12.6 Å². The second kappa shape index (κ2) is 11.1. The lowest BCUT2D eigenvalue weighted by Crippen LogP contribution is -2.52. The highest BCUT2D eigenvalue weighted by Crippen LogP contribution is 2.41. The molecule has 2 aliphatic heterocycles. The number of pyridine rings is 1. The minimum Gasteiger partial charge on any atom is -0.376 e. The maximum Gasteiger partial charge on any atom is 0.249 e.